The second-order valence-electron chi connectivity index (χ2n) is 9.02. The molecule has 3 amide bonds. The van der Waals surface area contributed by atoms with Gasteiger partial charge < -0.3 is 5.32 Å². The van der Waals surface area contributed by atoms with Crippen molar-refractivity contribution in [1.29, 1.82) is 0 Å². The van der Waals surface area contributed by atoms with Crippen molar-refractivity contribution in [2.24, 2.45) is 11.8 Å². The van der Waals surface area contributed by atoms with Gasteiger partial charge in [0.25, 0.3) is 0 Å². The Morgan fingerprint density at radius 2 is 1.84 bits per heavy atom. The van der Waals surface area contributed by atoms with E-state index in [4.69, 9.17) is 11.6 Å². The number of imide groups is 1. The van der Waals surface area contributed by atoms with Gasteiger partial charge >= 0.3 is 0 Å². The van der Waals surface area contributed by atoms with Gasteiger partial charge in [-0.05, 0) is 56.5 Å². The van der Waals surface area contributed by atoms with Gasteiger partial charge in [0.2, 0.25) is 17.7 Å². The third-order valence-corrected chi connectivity index (χ3v) is 8.13. The number of fused-ring (bicyclic) bond motifs is 7. The van der Waals surface area contributed by atoms with E-state index in [0.717, 1.165) is 29.7 Å². The van der Waals surface area contributed by atoms with Crippen LogP contribution in [-0.4, -0.2) is 35.2 Å². The second-order valence-corrected chi connectivity index (χ2v) is 9.43. The van der Waals surface area contributed by atoms with Crippen LogP contribution >= 0.6 is 11.6 Å². The molecule has 31 heavy (non-hydrogen) atoms. The van der Waals surface area contributed by atoms with Crippen molar-refractivity contribution in [3.8, 4) is 0 Å². The molecule has 0 bridgehead atoms. The van der Waals surface area contributed by atoms with Gasteiger partial charge in [-0.15, -0.1) is 0 Å². The number of rotatable bonds is 1. The average Bonchev–Trinajstić information content (AvgIpc) is 3.44. The maximum atomic E-state index is 13.9. The van der Waals surface area contributed by atoms with Gasteiger partial charge in [-0.3, -0.25) is 19.3 Å². The van der Waals surface area contributed by atoms with E-state index in [1.165, 1.54) is 4.90 Å². The number of carbonyl (C=O) groups is 3. The topological polar surface area (TPSA) is 69.7 Å². The minimum Gasteiger partial charge on any atom is -0.324 e. The Kier molecular flexibility index (Phi) is 3.79. The molecule has 4 aliphatic heterocycles. The molecule has 4 aliphatic rings. The highest BCUT2D eigenvalue weighted by Crippen LogP contribution is 2.61. The van der Waals surface area contributed by atoms with E-state index < -0.39 is 17.4 Å². The Morgan fingerprint density at radius 3 is 2.65 bits per heavy atom. The van der Waals surface area contributed by atoms with Gasteiger partial charge in [-0.25, -0.2) is 4.90 Å². The summed E-state index contributed by atoms with van der Waals surface area (Å²) in [5.74, 6) is -2.00. The molecule has 2 aromatic carbocycles. The van der Waals surface area contributed by atoms with E-state index in [0.29, 0.717) is 22.8 Å². The fourth-order valence-electron chi connectivity index (χ4n) is 6.45. The molecule has 1 spiro atoms. The summed E-state index contributed by atoms with van der Waals surface area (Å²) in [4.78, 5) is 44.8. The third-order valence-electron chi connectivity index (χ3n) is 7.72. The van der Waals surface area contributed by atoms with Crippen LogP contribution in [0.15, 0.2) is 36.4 Å². The Bertz CT molecular complexity index is 1190. The summed E-state index contributed by atoms with van der Waals surface area (Å²) in [5.41, 5.74) is 2.62. The van der Waals surface area contributed by atoms with Gasteiger partial charge in [0, 0.05) is 22.3 Å². The quantitative estimate of drug-likeness (QED) is 0.697. The molecule has 4 heterocycles. The van der Waals surface area contributed by atoms with Crippen molar-refractivity contribution >= 4 is 40.7 Å². The largest absolute Gasteiger partial charge is 0.324 e. The second kappa shape index (κ2) is 6.17. The fraction of sp³-hybridized carbons (Fsp3) is 0.375. The highest BCUT2D eigenvalue weighted by molar-refractivity contribution is 6.32. The first-order valence-electron chi connectivity index (χ1n) is 10.7. The first-order chi connectivity index (χ1) is 14.9. The van der Waals surface area contributed by atoms with Crippen molar-refractivity contribution in [3.63, 3.8) is 0 Å². The fourth-order valence-corrected chi connectivity index (χ4v) is 6.62. The van der Waals surface area contributed by atoms with Crippen LogP contribution < -0.4 is 10.2 Å². The van der Waals surface area contributed by atoms with E-state index in [2.05, 4.69) is 10.2 Å². The molecule has 0 radical (unpaired) electrons. The summed E-state index contributed by atoms with van der Waals surface area (Å²) in [6, 6.07) is 10.9. The molecular formula is C24H22ClN3O3. The SMILES string of the molecule is Cc1cccc2c1NC(=O)[C@@]21[C@H]2C(=O)N(c3cccc(Cl)c3C)C(=O)[C@@H]2[C@H]2CCCN21. The Hall–Kier alpha value is -2.70. The van der Waals surface area contributed by atoms with Gasteiger partial charge in [0.05, 0.1) is 17.5 Å². The lowest BCUT2D eigenvalue weighted by atomic mass is 9.75. The predicted octanol–water partition coefficient (Wildman–Crippen LogP) is 3.39. The van der Waals surface area contributed by atoms with Crippen LogP contribution in [0.5, 0.6) is 0 Å². The number of anilines is 2. The van der Waals surface area contributed by atoms with Crippen LogP contribution in [0.4, 0.5) is 11.4 Å². The van der Waals surface area contributed by atoms with E-state index in [1.54, 1.807) is 18.2 Å². The Morgan fingerprint density at radius 1 is 1.06 bits per heavy atom. The number of halogens is 1. The minimum absolute atomic E-state index is 0.122. The van der Waals surface area contributed by atoms with Gasteiger partial charge in [-0.1, -0.05) is 35.9 Å². The van der Waals surface area contributed by atoms with Crippen LogP contribution in [-0.2, 0) is 19.9 Å². The number of para-hydroxylation sites is 1. The maximum absolute atomic E-state index is 13.9. The summed E-state index contributed by atoms with van der Waals surface area (Å²) < 4.78 is 0. The molecule has 7 heteroatoms. The first kappa shape index (κ1) is 19.0. The molecule has 0 unspecified atom stereocenters. The van der Waals surface area contributed by atoms with Crippen molar-refractivity contribution in [2.75, 3.05) is 16.8 Å². The zero-order valence-electron chi connectivity index (χ0n) is 17.3. The monoisotopic (exact) mass is 435 g/mol. The highest BCUT2D eigenvalue weighted by Gasteiger charge is 2.74. The van der Waals surface area contributed by atoms with Gasteiger partial charge in [-0.2, -0.15) is 0 Å². The molecular weight excluding hydrogens is 414 g/mol. The summed E-state index contributed by atoms with van der Waals surface area (Å²) in [5, 5.41) is 3.56. The Labute approximate surface area is 185 Å². The number of amides is 3. The zero-order valence-corrected chi connectivity index (χ0v) is 18.1. The number of nitrogens with one attached hydrogen (secondary N) is 1. The van der Waals surface area contributed by atoms with Crippen LogP contribution in [0.3, 0.4) is 0 Å². The van der Waals surface area contributed by atoms with Gasteiger partial charge in [0.1, 0.15) is 5.54 Å². The molecule has 6 rings (SSSR count). The van der Waals surface area contributed by atoms with Crippen LogP contribution in [0.1, 0.15) is 29.5 Å². The normalized spacial score (nSPS) is 31.4. The lowest BCUT2D eigenvalue weighted by Crippen LogP contribution is -2.54. The molecule has 3 fully saturated rings. The number of carbonyl (C=O) groups excluding carboxylic acids is 3. The van der Waals surface area contributed by atoms with Crippen LogP contribution in [0.2, 0.25) is 5.02 Å². The van der Waals surface area contributed by atoms with E-state index in [-0.39, 0.29) is 23.8 Å². The molecule has 3 saturated heterocycles. The third kappa shape index (κ3) is 2.10. The van der Waals surface area contributed by atoms with Gasteiger partial charge in [0.15, 0.2) is 0 Å². The highest BCUT2D eigenvalue weighted by atomic mass is 35.5. The molecule has 0 aliphatic carbocycles. The van der Waals surface area contributed by atoms with E-state index in [1.807, 2.05) is 32.0 Å². The van der Waals surface area contributed by atoms with E-state index in [9.17, 15) is 14.4 Å². The molecule has 0 aromatic heterocycles. The molecule has 158 valence electrons. The van der Waals surface area contributed by atoms with Crippen molar-refractivity contribution in [3.05, 3.63) is 58.1 Å². The number of hydrogen-bond acceptors (Lipinski definition) is 4. The lowest BCUT2D eigenvalue weighted by molar-refractivity contribution is -0.135. The molecule has 2 aromatic rings. The van der Waals surface area contributed by atoms with Crippen molar-refractivity contribution in [1.82, 2.24) is 4.90 Å². The number of hydrogen-bond donors (Lipinski definition) is 1. The summed E-state index contributed by atoms with van der Waals surface area (Å²) in [6.07, 6.45) is 1.71. The number of nitrogens with zero attached hydrogens (tertiary/aromatic N) is 2. The number of aryl methyl sites for hydroxylation is 1. The summed E-state index contributed by atoms with van der Waals surface area (Å²) in [7, 11) is 0. The summed E-state index contributed by atoms with van der Waals surface area (Å²) in [6.45, 7) is 4.47. The molecule has 6 nitrogen and oxygen atoms in total. The molecule has 4 atom stereocenters. The maximum Gasteiger partial charge on any atom is 0.250 e. The molecule has 0 saturated carbocycles. The first-order valence-corrected chi connectivity index (χ1v) is 11.1. The van der Waals surface area contributed by atoms with Crippen molar-refractivity contribution in [2.45, 2.75) is 38.3 Å². The molecule has 1 N–H and O–H groups in total. The number of benzene rings is 2. The summed E-state index contributed by atoms with van der Waals surface area (Å²) >= 11 is 6.30. The zero-order chi connectivity index (χ0) is 21.7. The smallest absolute Gasteiger partial charge is 0.250 e. The Balaban J connectivity index is 1.58. The van der Waals surface area contributed by atoms with Crippen molar-refractivity contribution < 1.29 is 14.4 Å². The lowest BCUT2D eigenvalue weighted by Gasteiger charge is -2.36. The average molecular weight is 436 g/mol. The van der Waals surface area contributed by atoms with Crippen LogP contribution in [0.25, 0.3) is 0 Å². The minimum atomic E-state index is -1.14. The van der Waals surface area contributed by atoms with Crippen LogP contribution in [0, 0.1) is 25.7 Å². The standard InChI is InChI=1S/C24H22ClN3O3/c1-12-6-3-7-14-20(12)26-23(31)24(14)19-18(17-10-5-11-27(17)24)21(29)28(22(19)30)16-9-4-8-15(25)13(16)2/h3-4,6-9,17-19H,5,10-11H2,1-2H3,(H,26,31)/t17-,18-,19-,24+/m1/s1. The predicted molar refractivity (Wildman–Crippen MR) is 117 cm³/mol. The van der Waals surface area contributed by atoms with E-state index >= 15 is 0 Å².